The molecule has 0 bridgehead atoms. The van der Waals surface area contributed by atoms with Crippen molar-refractivity contribution in [1.29, 1.82) is 0 Å². The van der Waals surface area contributed by atoms with Crippen molar-refractivity contribution < 1.29 is 14.0 Å². The standard InChI is InChI=1S/C42H85N2O2/c1-20-21-45-41(14,15)26-34(24-36(2,3)4)38(8,9)22-32-28-44(18,19)29-33(32)23-39(10,11)35(25-37(5,6)7)27-42(16,17)46-31-43-30-40(43,12)13/h32-35H,20-31H2,1-19H3/q+1. The van der Waals surface area contributed by atoms with Crippen molar-refractivity contribution in [2.24, 2.45) is 45.3 Å². The molecule has 274 valence electrons. The average molecular weight is 650 g/mol. The summed E-state index contributed by atoms with van der Waals surface area (Å²) in [4.78, 5) is 2.45. The molecule has 5 atom stereocenters. The van der Waals surface area contributed by atoms with E-state index in [1.165, 1.54) is 38.8 Å². The van der Waals surface area contributed by atoms with Crippen molar-refractivity contribution >= 4 is 0 Å². The van der Waals surface area contributed by atoms with E-state index in [0.717, 1.165) is 55.5 Å². The first-order valence-corrected chi connectivity index (χ1v) is 19.2. The zero-order chi connectivity index (χ0) is 35.8. The van der Waals surface area contributed by atoms with Gasteiger partial charge in [0, 0.05) is 30.5 Å². The van der Waals surface area contributed by atoms with Crippen LogP contribution in [0.5, 0.6) is 0 Å². The lowest BCUT2D eigenvalue weighted by atomic mass is 9.61. The lowest BCUT2D eigenvalue weighted by Gasteiger charge is -2.45. The third kappa shape index (κ3) is 14.0. The summed E-state index contributed by atoms with van der Waals surface area (Å²) in [5.74, 6) is 2.73. The molecule has 4 nitrogen and oxygen atoms in total. The lowest BCUT2D eigenvalue weighted by molar-refractivity contribution is -0.880. The minimum absolute atomic E-state index is 0.0864. The van der Waals surface area contributed by atoms with Crippen molar-refractivity contribution in [3.63, 3.8) is 0 Å². The highest BCUT2D eigenvalue weighted by Gasteiger charge is 2.49. The molecule has 2 fully saturated rings. The van der Waals surface area contributed by atoms with Crippen LogP contribution in [0.1, 0.15) is 163 Å². The highest BCUT2D eigenvalue weighted by atomic mass is 16.5. The molecule has 0 amide bonds. The third-order valence-electron chi connectivity index (χ3n) is 11.7. The Labute approximate surface area is 290 Å². The minimum atomic E-state index is -0.134. The summed E-state index contributed by atoms with van der Waals surface area (Å²) in [6.07, 6.45) is 8.44. The first-order valence-electron chi connectivity index (χ1n) is 19.2. The molecule has 2 saturated heterocycles. The largest absolute Gasteiger partial charge is 0.376 e. The van der Waals surface area contributed by atoms with Crippen LogP contribution < -0.4 is 0 Å². The van der Waals surface area contributed by atoms with E-state index in [-0.39, 0.29) is 22.0 Å². The SMILES string of the molecule is CCCOC(C)(C)CC(CC(C)(C)C)C(C)(C)CC1C[N+](C)(C)CC1CC(C)(C)C(CC(C)(C)C)CC(C)(C)OCN1CC1(C)C. The monoisotopic (exact) mass is 650 g/mol. The topological polar surface area (TPSA) is 21.5 Å². The fraction of sp³-hybridized carbons (Fsp3) is 1.00. The quantitative estimate of drug-likeness (QED) is 0.109. The molecule has 46 heavy (non-hydrogen) atoms. The van der Waals surface area contributed by atoms with Gasteiger partial charge in [0.2, 0.25) is 0 Å². The van der Waals surface area contributed by atoms with E-state index < -0.39 is 0 Å². The number of ether oxygens (including phenoxy) is 2. The van der Waals surface area contributed by atoms with E-state index in [1.54, 1.807) is 0 Å². The van der Waals surface area contributed by atoms with Gasteiger partial charge in [-0.1, -0.05) is 76.2 Å². The normalized spacial score (nSPS) is 25.5. The second-order valence-electron chi connectivity index (χ2n) is 22.7. The van der Waals surface area contributed by atoms with Gasteiger partial charge in [-0.05, 0) is 120 Å². The van der Waals surface area contributed by atoms with E-state index >= 15 is 0 Å². The smallest absolute Gasteiger partial charge is 0.100 e. The predicted molar refractivity (Wildman–Crippen MR) is 201 cm³/mol. The molecule has 2 heterocycles. The van der Waals surface area contributed by atoms with Gasteiger partial charge in [0.05, 0.1) is 38.4 Å². The molecule has 0 radical (unpaired) electrons. The summed E-state index contributed by atoms with van der Waals surface area (Å²) < 4.78 is 14.3. The molecular formula is C42H85N2O2+. The van der Waals surface area contributed by atoms with E-state index in [2.05, 4.69) is 137 Å². The molecule has 0 spiro atoms. The molecular weight excluding hydrogens is 564 g/mol. The van der Waals surface area contributed by atoms with Gasteiger partial charge < -0.3 is 14.0 Å². The van der Waals surface area contributed by atoms with Gasteiger partial charge in [0.25, 0.3) is 0 Å². The van der Waals surface area contributed by atoms with Crippen LogP contribution in [-0.2, 0) is 9.47 Å². The van der Waals surface area contributed by atoms with Crippen molar-refractivity contribution in [3.8, 4) is 0 Å². The van der Waals surface area contributed by atoms with E-state index in [4.69, 9.17) is 9.47 Å². The summed E-state index contributed by atoms with van der Waals surface area (Å²) in [6.45, 7) is 46.6. The van der Waals surface area contributed by atoms with Crippen LogP contribution in [0.3, 0.4) is 0 Å². The Morgan fingerprint density at radius 1 is 0.652 bits per heavy atom. The van der Waals surface area contributed by atoms with Crippen molar-refractivity contribution in [1.82, 2.24) is 4.90 Å². The first-order chi connectivity index (χ1) is 20.4. The molecule has 0 aromatic carbocycles. The number of rotatable bonds is 18. The molecule has 2 aliphatic rings. The van der Waals surface area contributed by atoms with Gasteiger partial charge in [-0.3, -0.25) is 4.90 Å². The molecule has 0 aromatic rings. The summed E-state index contributed by atoms with van der Waals surface area (Å²) in [5.41, 5.74) is 1.17. The van der Waals surface area contributed by atoms with E-state index in [1.807, 2.05) is 0 Å². The van der Waals surface area contributed by atoms with Gasteiger partial charge >= 0.3 is 0 Å². The molecule has 0 N–H and O–H groups in total. The zero-order valence-electron chi connectivity index (χ0n) is 35.0. The fourth-order valence-electron chi connectivity index (χ4n) is 9.11. The van der Waals surface area contributed by atoms with Crippen molar-refractivity contribution in [2.75, 3.05) is 47.1 Å². The van der Waals surface area contributed by atoms with E-state index in [0.29, 0.717) is 28.2 Å². The second-order valence-corrected chi connectivity index (χ2v) is 22.7. The molecule has 2 rings (SSSR count). The summed E-state index contributed by atoms with van der Waals surface area (Å²) in [7, 11) is 4.97. The van der Waals surface area contributed by atoms with Crippen LogP contribution in [0.2, 0.25) is 0 Å². The lowest BCUT2D eigenvalue weighted by Crippen LogP contribution is -2.40. The molecule has 5 unspecified atom stereocenters. The van der Waals surface area contributed by atoms with Crippen molar-refractivity contribution in [3.05, 3.63) is 0 Å². The highest BCUT2D eigenvalue weighted by Crippen LogP contribution is 2.51. The van der Waals surface area contributed by atoms with Crippen LogP contribution in [0.25, 0.3) is 0 Å². The van der Waals surface area contributed by atoms with E-state index in [9.17, 15) is 0 Å². The van der Waals surface area contributed by atoms with Crippen LogP contribution in [0.4, 0.5) is 0 Å². The Balaban J connectivity index is 2.30. The number of hydrogen-bond donors (Lipinski definition) is 0. The maximum Gasteiger partial charge on any atom is 0.100 e. The molecule has 0 aromatic heterocycles. The third-order valence-corrected chi connectivity index (χ3v) is 11.7. The Kier molecular flexibility index (Phi) is 13.3. The predicted octanol–water partition coefficient (Wildman–Crippen LogP) is 11.1. The van der Waals surface area contributed by atoms with Gasteiger partial charge in [0.1, 0.15) is 6.73 Å². The fourth-order valence-corrected chi connectivity index (χ4v) is 9.11. The average Bonchev–Trinajstić information content (AvgIpc) is 3.33. The van der Waals surface area contributed by atoms with Crippen molar-refractivity contribution in [2.45, 2.75) is 179 Å². The van der Waals surface area contributed by atoms with Gasteiger partial charge in [-0.25, -0.2) is 0 Å². The number of hydrogen-bond acceptors (Lipinski definition) is 3. The van der Waals surface area contributed by atoms with Gasteiger partial charge in [-0.15, -0.1) is 0 Å². The van der Waals surface area contributed by atoms with Crippen LogP contribution in [0, 0.1) is 45.3 Å². The first kappa shape index (κ1) is 42.0. The van der Waals surface area contributed by atoms with Gasteiger partial charge in [0.15, 0.2) is 0 Å². The Morgan fingerprint density at radius 2 is 1.02 bits per heavy atom. The maximum absolute atomic E-state index is 6.66. The number of quaternary nitrogens is 1. The molecule has 2 aliphatic heterocycles. The second kappa shape index (κ2) is 14.6. The molecule has 0 aliphatic carbocycles. The van der Waals surface area contributed by atoms with Crippen LogP contribution >= 0.6 is 0 Å². The summed E-state index contributed by atoms with van der Waals surface area (Å²) in [6, 6.07) is 0. The Hall–Kier alpha value is -0.160. The summed E-state index contributed by atoms with van der Waals surface area (Å²) >= 11 is 0. The highest BCUT2D eigenvalue weighted by molar-refractivity contribution is 4.99. The zero-order valence-corrected chi connectivity index (χ0v) is 35.0. The summed E-state index contributed by atoms with van der Waals surface area (Å²) in [5, 5.41) is 0. The maximum atomic E-state index is 6.66. The number of nitrogens with zero attached hydrogens (tertiary/aromatic N) is 2. The Morgan fingerprint density at radius 3 is 1.35 bits per heavy atom. The minimum Gasteiger partial charge on any atom is -0.376 e. The molecule has 0 saturated carbocycles. The number of likely N-dealkylation sites (tertiary alicyclic amines) is 1. The Bertz CT molecular complexity index is 946. The van der Waals surface area contributed by atoms with Crippen LogP contribution in [0.15, 0.2) is 0 Å². The van der Waals surface area contributed by atoms with Crippen LogP contribution in [-0.4, -0.2) is 73.2 Å². The molecule has 4 heteroatoms. The van der Waals surface area contributed by atoms with Gasteiger partial charge in [-0.2, -0.15) is 0 Å².